The predicted molar refractivity (Wildman–Crippen MR) is 82.0 cm³/mol. The maximum absolute atomic E-state index is 5.90. The summed E-state index contributed by atoms with van der Waals surface area (Å²) in [6, 6.07) is 4.65. The highest BCUT2D eigenvalue weighted by molar-refractivity contribution is 9.10. The number of piperidine rings is 1. The molecular weight excluding hydrogens is 290 g/mol. The van der Waals surface area contributed by atoms with E-state index in [2.05, 4.69) is 46.2 Å². The van der Waals surface area contributed by atoms with Gasteiger partial charge in [0.2, 0.25) is 0 Å². The Bertz CT molecular complexity index is 433. The highest BCUT2D eigenvalue weighted by atomic mass is 79.9. The van der Waals surface area contributed by atoms with Gasteiger partial charge in [-0.1, -0.05) is 6.92 Å². The molecule has 1 aliphatic rings. The van der Waals surface area contributed by atoms with Gasteiger partial charge in [0.25, 0.3) is 0 Å². The summed E-state index contributed by atoms with van der Waals surface area (Å²) >= 11 is 3.59. The summed E-state index contributed by atoms with van der Waals surface area (Å²) in [5.74, 6) is 0.661. The molecule has 1 saturated heterocycles. The van der Waals surface area contributed by atoms with Gasteiger partial charge in [-0.15, -0.1) is 0 Å². The van der Waals surface area contributed by atoms with Crippen LogP contribution in [0.1, 0.15) is 18.9 Å². The maximum atomic E-state index is 5.90. The molecule has 0 aromatic heterocycles. The Kier molecular flexibility index (Phi) is 4.17. The van der Waals surface area contributed by atoms with Crippen LogP contribution in [0.25, 0.3) is 0 Å². The molecule has 2 rings (SSSR count). The van der Waals surface area contributed by atoms with E-state index in [1.54, 1.807) is 0 Å². The third kappa shape index (κ3) is 2.98. The fourth-order valence-electron chi connectivity index (χ4n) is 2.58. The van der Waals surface area contributed by atoms with Crippen molar-refractivity contribution < 1.29 is 0 Å². The van der Waals surface area contributed by atoms with Gasteiger partial charge in [0, 0.05) is 28.4 Å². The van der Waals surface area contributed by atoms with Gasteiger partial charge in [0.1, 0.15) is 0 Å². The van der Waals surface area contributed by atoms with Crippen molar-refractivity contribution >= 4 is 27.3 Å². The van der Waals surface area contributed by atoms with Gasteiger partial charge in [-0.05, 0) is 66.5 Å². The molecule has 1 fully saturated rings. The zero-order valence-corrected chi connectivity index (χ0v) is 12.9. The molecule has 1 aromatic rings. The second-order valence-corrected chi connectivity index (χ2v) is 6.32. The van der Waals surface area contributed by atoms with Crippen molar-refractivity contribution in [2.24, 2.45) is 5.92 Å². The molecule has 3 nitrogen and oxygen atoms in total. The van der Waals surface area contributed by atoms with E-state index in [-0.39, 0.29) is 0 Å². The molecule has 100 valence electrons. The SMILES string of the molecule is Cc1cc(NC2CCN(C)CC2C)c(Br)cc1N. The summed E-state index contributed by atoms with van der Waals surface area (Å²) in [5, 5.41) is 3.66. The quantitative estimate of drug-likeness (QED) is 0.825. The first-order valence-corrected chi connectivity index (χ1v) is 7.27. The first-order valence-electron chi connectivity index (χ1n) is 6.48. The van der Waals surface area contributed by atoms with E-state index in [0.29, 0.717) is 12.0 Å². The number of nitrogen functional groups attached to an aromatic ring is 1. The van der Waals surface area contributed by atoms with E-state index in [1.165, 1.54) is 6.42 Å². The van der Waals surface area contributed by atoms with E-state index < -0.39 is 0 Å². The number of nitrogens with zero attached hydrogens (tertiary/aromatic N) is 1. The molecular formula is C14H22BrN3. The van der Waals surface area contributed by atoms with Crippen LogP contribution < -0.4 is 11.1 Å². The van der Waals surface area contributed by atoms with Gasteiger partial charge in [0.05, 0.1) is 0 Å². The Morgan fingerprint density at radius 3 is 2.83 bits per heavy atom. The van der Waals surface area contributed by atoms with E-state index in [0.717, 1.165) is 34.5 Å². The van der Waals surface area contributed by atoms with Gasteiger partial charge >= 0.3 is 0 Å². The molecule has 0 radical (unpaired) electrons. The van der Waals surface area contributed by atoms with Gasteiger partial charge in [-0.3, -0.25) is 0 Å². The fraction of sp³-hybridized carbons (Fsp3) is 0.571. The van der Waals surface area contributed by atoms with Crippen LogP contribution in [0.5, 0.6) is 0 Å². The minimum atomic E-state index is 0.542. The van der Waals surface area contributed by atoms with Crippen molar-refractivity contribution in [2.45, 2.75) is 26.3 Å². The molecule has 1 heterocycles. The molecule has 0 aliphatic carbocycles. The Balaban J connectivity index is 2.12. The molecule has 1 aliphatic heterocycles. The van der Waals surface area contributed by atoms with Gasteiger partial charge in [-0.2, -0.15) is 0 Å². The summed E-state index contributed by atoms with van der Waals surface area (Å²) in [6.45, 7) is 6.67. The molecule has 0 bridgehead atoms. The molecule has 3 N–H and O–H groups in total. The van der Waals surface area contributed by atoms with E-state index in [1.807, 2.05) is 13.0 Å². The maximum Gasteiger partial charge on any atom is 0.0491 e. The second kappa shape index (κ2) is 5.49. The number of benzene rings is 1. The normalized spacial score (nSPS) is 25.1. The van der Waals surface area contributed by atoms with Gasteiger partial charge in [0.15, 0.2) is 0 Å². The minimum absolute atomic E-state index is 0.542. The van der Waals surface area contributed by atoms with Crippen molar-refractivity contribution in [3.8, 4) is 0 Å². The lowest BCUT2D eigenvalue weighted by Crippen LogP contribution is -2.43. The Labute approximate surface area is 118 Å². The number of nitrogens with one attached hydrogen (secondary N) is 1. The van der Waals surface area contributed by atoms with Crippen LogP contribution >= 0.6 is 15.9 Å². The zero-order chi connectivity index (χ0) is 13.3. The van der Waals surface area contributed by atoms with Gasteiger partial charge < -0.3 is 16.0 Å². The number of halogens is 1. The van der Waals surface area contributed by atoms with Crippen LogP contribution in [0.4, 0.5) is 11.4 Å². The van der Waals surface area contributed by atoms with Crippen LogP contribution in [0.15, 0.2) is 16.6 Å². The van der Waals surface area contributed by atoms with E-state index in [9.17, 15) is 0 Å². The highest BCUT2D eigenvalue weighted by Crippen LogP contribution is 2.30. The Morgan fingerprint density at radius 1 is 1.44 bits per heavy atom. The molecule has 4 heteroatoms. The molecule has 0 amide bonds. The fourth-order valence-corrected chi connectivity index (χ4v) is 3.05. The Morgan fingerprint density at radius 2 is 2.17 bits per heavy atom. The molecule has 2 unspecified atom stereocenters. The molecule has 2 atom stereocenters. The summed E-state index contributed by atoms with van der Waals surface area (Å²) in [5.41, 5.74) is 9.02. The van der Waals surface area contributed by atoms with Gasteiger partial charge in [-0.25, -0.2) is 0 Å². The lowest BCUT2D eigenvalue weighted by molar-refractivity contribution is 0.206. The average molecular weight is 312 g/mol. The average Bonchev–Trinajstić information content (AvgIpc) is 2.29. The summed E-state index contributed by atoms with van der Waals surface area (Å²) in [7, 11) is 2.19. The monoisotopic (exact) mass is 311 g/mol. The number of hydrogen-bond acceptors (Lipinski definition) is 3. The van der Waals surface area contributed by atoms with Crippen LogP contribution in [-0.2, 0) is 0 Å². The van der Waals surface area contributed by atoms with Crippen LogP contribution in [0.3, 0.4) is 0 Å². The molecule has 0 saturated carbocycles. The van der Waals surface area contributed by atoms with Crippen molar-refractivity contribution in [1.82, 2.24) is 4.90 Å². The largest absolute Gasteiger partial charge is 0.398 e. The van der Waals surface area contributed by atoms with E-state index >= 15 is 0 Å². The highest BCUT2D eigenvalue weighted by Gasteiger charge is 2.24. The Hall–Kier alpha value is -0.740. The number of anilines is 2. The van der Waals surface area contributed by atoms with Crippen molar-refractivity contribution in [1.29, 1.82) is 0 Å². The number of nitrogens with two attached hydrogens (primary N) is 1. The lowest BCUT2D eigenvalue weighted by Gasteiger charge is -2.36. The van der Waals surface area contributed by atoms with Crippen molar-refractivity contribution in [3.63, 3.8) is 0 Å². The molecule has 18 heavy (non-hydrogen) atoms. The van der Waals surface area contributed by atoms with Crippen molar-refractivity contribution in [2.75, 3.05) is 31.2 Å². The first-order chi connectivity index (χ1) is 8.47. The number of likely N-dealkylation sites (tertiary alicyclic amines) is 1. The topological polar surface area (TPSA) is 41.3 Å². The van der Waals surface area contributed by atoms with Crippen LogP contribution in [-0.4, -0.2) is 31.1 Å². The number of hydrogen-bond donors (Lipinski definition) is 2. The molecule has 1 aromatic carbocycles. The van der Waals surface area contributed by atoms with E-state index in [4.69, 9.17) is 5.73 Å². The lowest BCUT2D eigenvalue weighted by atomic mass is 9.94. The zero-order valence-electron chi connectivity index (χ0n) is 11.3. The molecule has 0 spiro atoms. The summed E-state index contributed by atoms with van der Waals surface area (Å²) < 4.78 is 1.05. The first kappa shape index (κ1) is 13.7. The second-order valence-electron chi connectivity index (χ2n) is 5.47. The smallest absolute Gasteiger partial charge is 0.0491 e. The summed E-state index contributed by atoms with van der Waals surface area (Å²) in [4.78, 5) is 2.39. The third-order valence-electron chi connectivity index (χ3n) is 3.80. The minimum Gasteiger partial charge on any atom is -0.398 e. The number of aryl methyl sites for hydroxylation is 1. The standard InChI is InChI=1S/C14H22BrN3/c1-9-6-14(11(15)7-12(9)16)17-13-4-5-18(3)8-10(13)2/h6-7,10,13,17H,4-5,8,16H2,1-3H3. The van der Waals surface area contributed by atoms with Crippen molar-refractivity contribution in [3.05, 3.63) is 22.2 Å². The summed E-state index contributed by atoms with van der Waals surface area (Å²) in [6.07, 6.45) is 1.19. The van der Waals surface area contributed by atoms with Crippen LogP contribution in [0.2, 0.25) is 0 Å². The van der Waals surface area contributed by atoms with Crippen LogP contribution in [0, 0.1) is 12.8 Å². The predicted octanol–water partition coefficient (Wildman–Crippen LogP) is 3.09. The third-order valence-corrected chi connectivity index (χ3v) is 4.46. The number of rotatable bonds is 2.